The number of hydrogen-bond donors (Lipinski definition) is 2. The lowest BCUT2D eigenvalue weighted by molar-refractivity contribution is -0.131. The fourth-order valence-electron chi connectivity index (χ4n) is 1.58. The molecule has 0 spiro atoms. The molecule has 0 aliphatic carbocycles. The Hall–Kier alpha value is -0.610. The van der Waals surface area contributed by atoms with E-state index < -0.39 is 0 Å². The van der Waals surface area contributed by atoms with Gasteiger partial charge in [-0.15, -0.1) is 0 Å². The Bertz CT molecular complexity index is 172. The normalized spacial score (nSPS) is 31.8. The highest BCUT2D eigenvalue weighted by atomic mass is 16.3. The largest absolute Gasteiger partial charge is 0.394 e. The van der Waals surface area contributed by atoms with Gasteiger partial charge in [-0.3, -0.25) is 9.69 Å². The molecular formula is C8H16N2O2. The van der Waals surface area contributed by atoms with E-state index in [9.17, 15) is 4.79 Å². The fraction of sp³-hybridized carbons (Fsp3) is 0.875. The molecule has 4 nitrogen and oxygen atoms in total. The molecule has 0 bridgehead atoms. The van der Waals surface area contributed by atoms with Gasteiger partial charge in [-0.1, -0.05) is 6.92 Å². The quantitative estimate of drug-likeness (QED) is 0.572. The molecule has 0 aromatic carbocycles. The zero-order valence-corrected chi connectivity index (χ0v) is 7.58. The van der Waals surface area contributed by atoms with Crippen LogP contribution in [0.4, 0.5) is 0 Å². The van der Waals surface area contributed by atoms with Crippen LogP contribution in [0.2, 0.25) is 0 Å². The summed E-state index contributed by atoms with van der Waals surface area (Å²) in [6.45, 7) is 5.50. The number of carbonyl (C=O) groups excluding carboxylic acids is 1. The van der Waals surface area contributed by atoms with Gasteiger partial charge in [-0.2, -0.15) is 0 Å². The number of rotatable bonds is 2. The summed E-state index contributed by atoms with van der Waals surface area (Å²) >= 11 is 0. The van der Waals surface area contributed by atoms with Gasteiger partial charge >= 0.3 is 0 Å². The van der Waals surface area contributed by atoms with Gasteiger partial charge in [0.15, 0.2) is 0 Å². The first-order valence-electron chi connectivity index (χ1n) is 4.34. The third-order valence-electron chi connectivity index (χ3n) is 2.22. The second-order valence-electron chi connectivity index (χ2n) is 3.20. The summed E-state index contributed by atoms with van der Waals surface area (Å²) < 4.78 is 0. The minimum Gasteiger partial charge on any atom is -0.394 e. The summed E-state index contributed by atoms with van der Waals surface area (Å²) in [6.07, 6.45) is 0. The fourth-order valence-corrected chi connectivity index (χ4v) is 1.58. The van der Waals surface area contributed by atoms with Crippen LogP contribution in [0.1, 0.15) is 13.8 Å². The van der Waals surface area contributed by atoms with E-state index in [-0.39, 0.29) is 24.6 Å². The summed E-state index contributed by atoms with van der Waals surface area (Å²) in [5.41, 5.74) is 0. The van der Waals surface area contributed by atoms with Crippen LogP contribution in [0, 0.1) is 0 Å². The number of aliphatic hydroxyl groups excluding tert-OH is 1. The Balaban J connectivity index is 2.63. The molecule has 1 rings (SSSR count). The third-order valence-corrected chi connectivity index (χ3v) is 2.22. The standard InChI is InChI=1S/C8H16N2O2/c1-3-10-4-6(2)9-8(12)7(10)5-11/h6-7,11H,3-5H2,1-2H3,(H,9,12). The molecule has 70 valence electrons. The number of amides is 1. The first kappa shape index (κ1) is 9.48. The topological polar surface area (TPSA) is 52.6 Å². The first-order valence-corrected chi connectivity index (χ1v) is 4.34. The molecule has 2 N–H and O–H groups in total. The first-order chi connectivity index (χ1) is 5.69. The smallest absolute Gasteiger partial charge is 0.239 e. The van der Waals surface area contributed by atoms with Crippen LogP contribution in [0.15, 0.2) is 0 Å². The molecule has 1 aliphatic heterocycles. The molecule has 1 heterocycles. The highest BCUT2D eigenvalue weighted by molar-refractivity contribution is 5.82. The predicted octanol–water partition coefficient (Wildman–Crippen LogP) is -0.812. The SMILES string of the molecule is CCN1CC(C)NC(=O)C1CO. The summed E-state index contributed by atoms with van der Waals surface area (Å²) in [6, 6.07) is -0.147. The van der Waals surface area contributed by atoms with Crippen molar-refractivity contribution in [2.75, 3.05) is 19.7 Å². The summed E-state index contributed by atoms with van der Waals surface area (Å²) in [4.78, 5) is 13.3. The van der Waals surface area contributed by atoms with Gasteiger partial charge in [0.25, 0.3) is 0 Å². The number of carbonyl (C=O) groups is 1. The summed E-state index contributed by atoms with van der Waals surface area (Å²) in [5.74, 6) is -0.0573. The molecule has 2 unspecified atom stereocenters. The maximum atomic E-state index is 11.3. The van der Waals surface area contributed by atoms with Gasteiger partial charge in [-0.25, -0.2) is 0 Å². The summed E-state index contributed by atoms with van der Waals surface area (Å²) in [7, 11) is 0. The van der Waals surface area contributed by atoms with Crippen molar-refractivity contribution in [2.45, 2.75) is 25.9 Å². The molecule has 1 saturated heterocycles. The molecule has 0 radical (unpaired) electrons. The van der Waals surface area contributed by atoms with Crippen LogP contribution >= 0.6 is 0 Å². The predicted molar refractivity (Wildman–Crippen MR) is 45.7 cm³/mol. The average molecular weight is 172 g/mol. The molecule has 2 atom stereocenters. The van der Waals surface area contributed by atoms with Crippen molar-refractivity contribution in [3.05, 3.63) is 0 Å². The third kappa shape index (κ3) is 1.76. The maximum absolute atomic E-state index is 11.3. The molecule has 4 heteroatoms. The number of nitrogens with one attached hydrogen (secondary N) is 1. The second-order valence-corrected chi connectivity index (χ2v) is 3.20. The van der Waals surface area contributed by atoms with Crippen LogP contribution in [0.25, 0.3) is 0 Å². The van der Waals surface area contributed by atoms with Crippen molar-refractivity contribution >= 4 is 5.91 Å². The van der Waals surface area contributed by atoms with Crippen LogP contribution in [-0.2, 0) is 4.79 Å². The maximum Gasteiger partial charge on any atom is 0.239 e. The number of aliphatic hydroxyl groups is 1. The highest BCUT2D eigenvalue weighted by Crippen LogP contribution is 2.06. The molecule has 12 heavy (non-hydrogen) atoms. The number of hydrogen-bond acceptors (Lipinski definition) is 3. The minimum atomic E-state index is -0.341. The van der Waals surface area contributed by atoms with Crippen LogP contribution < -0.4 is 5.32 Å². The lowest BCUT2D eigenvalue weighted by Crippen LogP contribution is -2.60. The van der Waals surface area contributed by atoms with Crippen LogP contribution in [-0.4, -0.2) is 47.7 Å². The Labute approximate surface area is 72.6 Å². The van der Waals surface area contributed by atoms with Crippen LogP contribution in [0.3, 0.4) is 0 Å². The van der Waals surface area contributed by atoms with Crippen molar-refractivity contribution in [1.29, 1.82) is 0 Å². The Morgan fingerprint density at radius 2 is 2.42 bits per heavy atom. The van der Waals surface area contributed by atoms with E-state index in [0.29, 0.717) is 0 Å². The van der Waals surface area contributed by atoms with E-state index in [1.54, 1.807) is 0 Å². The van der Waals surface area contributed by atoms with Crippen molar-refractivity contribution in [2.24, 2.45) is 0 Å². The lowest BCUT2D eigenvalue weighted by atomic mass is 10.1. The molecule has 1 amide bonds. The molecule has 1 aliphatic rings. The van der Waals surface area contributed by atoms with Gasteiger partial charge in [0.2, 0.25) is 5.91 Å². The molecule has 0 aromatic rings. The number of likely N-dealkylation sites (N-methyl/N-ethyl adjacent to an activating group) is 1. The molecule has 0 saturated carbocycles. The monoisotopic (exact) mass is 172 g/mol. The minimum absolute atomic E-state index is 0.0573. The Morgan fingerprint density at radius 3 is 2.92 bits per heavy atom. The van der Waals surface area contributed by atoms with E-state index in [1.807, 2.05) is 18.7 Å². The van der Waals surface area contributed by atoms with E-state index >= 15 is 0 Å². The van der Waals surface area contributed by atoms with E-state index in [0.717, 1.165) is 13.1 Å². The van der Waals surface area contributed by atoms with Gasteiger partial charge in [0, 0.05) is 12.6 Å². The van der Waals surface area contributed by atoms with Gasteiger partial charge < -0.3 is 10.4 Å². The van der Waals surface area contributed by atoms with E-state index in [1.165, 1.54) is 0 Å². The average Bonchev–Trinajstić information content (AvgIpc) is 2.03. The summed E-state index contributed by atoms with van der Waals surface area (Å²) in [5, 5.41) is 11.8. The molecule has 0 aromatic heterocycles. The van der Waals surface area contributed by atoms with Gasteiger partial charge in [-0.05, 0) is 13.5 Å². The lowest BCUT2D eigenvalue weighted by Gasteiger charge is -2.36. The van der Waals surface area contributed by atoms with Gasteiger partial charge in [0.1, 0.15) is 6.04 Å². The van der Waals surface area contributed by atoms with Crippen molar-refractivity contribution in [1.82, 2.24) is 10.2 Å². The number of nitrogens with zero attached hydrogens (tertiary/aromatic N) is 1. The highest BCUT2D eigenvalue weighted by Gasteiger charge is 2.30. The van der Waals surface area contributed by atoms with Crippen LogP contribution in [0.5, 0.6) is 0 Å². The van der Waals surface area contributed by atoms with E-state index in [2.05, 4.69) is 5.32 Å². The Kier molecular flexibility index (Phi) is 3.05. The number of piperazine rings is 1. The molecule has 1 fully saturated rings. The molecular weight excluding hydrogens is 156 g/mol. The van der Waals surface area contributed by atoms with Gasteiger partial charge in [0.05, 0.1) is 6.61 Å². The zero-order valence-electron chi connectivity index (χ0n) is 7.58. The van der Waals surface area contributed by atoms with E-state index in [4.69, 9.17) is 5.11 Å². The second kappa shape index (κ2) is 3.87. The van der Waals surface area contributed by atoms with Crippen molar-refractivity contribution < 1.29 is 9.90 Å². The van der Waals surface area contributed by atoms with Crippen molar-refractivity contribution in [3.63, 3.8) is 0 Å². The Morgan fingerprint density at radius 1 is 1.75 bits per heavy atom. The van der Waals surface area contributed by atoms with Crippen molar-refractivity contribution in [3.8, 4) is 0 Å². The zero-order chi connectivity index (χ0) is 9.14.